The number of benzene rings is 1. The van der Waals surface area contributed by atoms with Crippen molar-refractivity contribution in [3.05, 3.63) is 63.2 Å². The Labute approximate surface area is 172 Å². The lowest BCUT2D eigenvalue weighted by Gasteiger charge is -2.17. The van der Waals surface area contributed by atoms with Gasteiger partial charge in [-0.1, -0.05) is 17.3 Å². The van der Waals surface area contributed by atoms with Crippen LogP contribution >= 0.6 is 15.9 Å². The van der Waals surface area contributed by atoms with Crippen LogP contribution < -0.4 is 4.74 Å². The molecule has 3 rings (SSSR count). The first-order valence-electron chi connectivity index (χ1n) is 9.01. The summed E-state index contributed by atoms with van der Waals surface area (Å²) in [5.41, 5.74) is 2.96. The molecule has 0 atom stereocenters. The first-order chi connectivity index (χ1) is 13.4. The number of carbonyl (C=O) groups excluding carboxylic acids is 1. The maximum Gasteiger partial charge on any atom is 0.276 e. The van der Waals surface area contributed by atoms with Crippen molar-refractivity contribution in [2.75, 3.05) is 7.05 Å². The van der Waals surface area contributed by atoms with Crippen LogP contribution in [0.5, 0.6) is 5.75 Å². The molecule has 0 radical (unpaired) electrons. The Morgan fingerprint density at radius 2 is 2.14 bits per heavy atom. The summed E-state index contributed by atoms with van der Waals surface area (Å²) in [5, 5.41) is 8.27. The SMILES string of the molecule is CCn1ncc(Br)c1CN(C)C(=O)c1noc(C)c1COc1cccc(C)c1. The Balaban J connectivity index is 1.76. The van der Waals surface area contributed by atoms with Gasteiger partial charge in [-0.2, -0.15) is 5.10 Å². The van der Waals surface area contributed by atoms with Crippen molar-refractivity contribution in [3.63, 3.8) is 0 Å². The highest BCUT2D eigenvalue weighted by Gasteiger charge is 2.24. The molecule has 148 valence electrons. The van der Waals surface area contributed by atoms with Gasteiger partial charge in [-0.05, 0) is 54.4 Å². The highest BCUT2D eigenvalue weighted by molar-refractivity contribution is 9.10. The minimum atomic E-state index is -0.226. The van der Waals surface area contributed by atoms with E-state index in [9.17, 15) is 4.79 Å². The number of carbonyl (C=O) groups is 1. The summed E-state index contributed by atoms with van der Waals surface area (Å²) < 4.78 is 13.9. The number of hydrogen-bond donors (Lipinski definition) is 0. The average Bonchev–Trinajstić information content (AvgIpc) is 3.22. The van der Waals surface area contributed by atoms with Gasteiger partial charge in [0, 0.05) is 13.6 Å². The summed E-state index contributed by atoms with van der Waals surface area (Å²) in [6.45, 7) is 7.12. The molecular weight excluding hydrogens is 424 g/mol. The van der Waals surface area contributed by atoms with Crippen LogP contribution in [-0.4, -0.2) is 32.8 Å². The van der Waals surface area contributed by atoms with Gasteiger partial charge < -0.3 is 14.2 Å². The van der Waals surface area contributed by atoms with Gasteiger partial charge in [-0.25, -0.2) is 0 Å². The van der Waals surface area contributed by atoms with Gasteiger partial charge in [-0.3, -0.25) is 9.48 Å². The monoisotopic (exact) mass is 446 g/mol. The van der Waals surface area contributed by atoms with Crippen molar-refractivity contribution < 1.29 is 14.1 Å². The summed E-state index contributed by atoms with van der Waals surface area (Å²) in [4.78, 5) is 14.6. The molecule has 0 fully saturated rings. The third-order valence-electron chi connectivity index (χ3n) is 4.49. The molecule has 0 bridgehead atoms. The largest absolute Gasteiger partial charge is 0.489 e. The summed E-state index contributed by atoms with van der Waals surface area (Å²) >= 11 is 3.49. The van der Waals surface area contributed by atoms with Gasteiger partial charge in [0.05, 0.1) is 28.5 Å². The molecule has 0 saturated carbocycles. The van der Waals surface area contributed by atoms with Gasteiger partial charge in [0.1, 0.15) is 18.1 Å². The Morgan fingerprint density at radius 1 is 1.36 bits per heavy atom. The molecule has 0 aliphatic heterocycles. The number of aromatic nitrogens is 3. The predicted molar refractivity (Wildman–Crippen MR) is 108 cm³/mol. The fourth-order valence-corrected chi connectivity index (χ4v) is 3.31. The number of amides is 1. The molecule has 2 heterocycles. The van der Waals surface area contributed by atoms with Gasteiger partial charge in [-0.15, -0.1) is 0 Å². The Bertz CT molecular complexity index is 980. The van der Waals surface area contributed by atoms with E-state index >= 15 is 0 Å². The van der Waals surface area contributed by atoms with Crippen LogP contribution in [0.25, 0.3) is 0 Å². The number of ether oxygens (including phenoxy) is 1. The number of rotatable bonds is 7. The quantitative estimate of drug-likeness (QED) is 0.545. The van der Waals surface area contributed by atoms with E-state index in [1.165, 1.54) is 0 Å². The van der Waals surface area contributed by atoms with E-state index in [2.05, 4.69) is 26.2 Å². The zero-order chi connectivity index (χ0) is 20.3. The highest BCUT2D eigenvalue weighted by Crippen LogP contribution is 2.22. The lowest BCUT2D eigenvalue weighted by molar-refractivity contribution is 0.0768. The van der Waals surface area contributed by atoms with E-state index in [4.69, 9.17) is 9.26 Å². The number of aryl methyl sites for hydroxylation is 3. The van der Waals surface area contributed by atoms with E-state index < -0.39 is 0 Å². The second kappa shape index (κ2) is 8.60. The molecule has 1 aromatic carbocycles. The second-order valence-electron chi connectivity index (χ2n) is 6.59. The van der Waals surface area contributed by atoms with Crippen LogP contribution in [0.15, 0.2) is 39.5 Å². The topological polar surface area (TPSA) is 73.4 Å². The zero-order valence-electron chi connectivity index (χ0n) is 16.4. The van der Waals surface area contributed by atoms with Gasteiger partial charge in [0.2, 0.25) is 0 Å². The third-order valence-corrected chi connectivity index (χ3v) is 5.15. The van der Waals surface area contributed by atoms with Crippen LogP contribution in [-0.2, 0) is 19.7 Å². The summed E-state index contributed by atoms with van der Waals surface area (Å²) in [6.07, 6.45) is 1.73. The minimum Gasteiger partial charge on any atom is -0.489 e. The van der Waals surface area contributed by atoms with E-state index in [1.807, 2.05) is 42.8 Å². The number of hydrogen-bond acceptors (Lipinski definition) is 5. The van der Waals surface area contributed by atoms with E-state index in [0.29, 0.717) is 17.9 Å². The molecule has 7 nitrogen and oxygen atoms in total. The summed E-state index contributed by atoms with van der Waals surface area (Å²) in [7, 11) is 1.73. The lowest BCUT2D eigenvalue weighted by Crippen LogP contribution is -2.29. The van der Waals surface area contributed by atoms with Gasteiger partial charge in [0.15, 0.2) is 5.69 Å². The van der Waals surface area contributed by atoms with Crippen molar-refractivity contribution in [2.45, 2.75) is 40.5 Å². The molecule has 0 saturated heterocycles. The van der Waals surface area contributed by atoms with Gasteiger partial charge >= 0.3 is 0 Å². The lowest BCUT2D eigenvalue weighted by atomic mass is 10.2. The molecule has 1 amide bonds. The molecule has 0 aliphatic rings. The molecule has 0 aliphatic carbocycles. The molecule has 3 aromatic rings. The molecule has 0 unspecified atom stereocenters. The van der Waals surface area contributed by atoms with Crippen molar-refractivity contribution in [1.29, 1.82) is 0 Å². The Morgan fingerprint density at radius 3 is 2.86 bits per heavy atom. The first-order valence-corrected chi connectivity index (χ1v) is 9.80. The first kappa shape index (κ1) is 20.1. The standard InChI is InChI=1S/C20H23BrN4O3/c1-5-25-18(17(21)10-22-25)11-24(4)20(26)19-16(14(3)28-23-19)12-27-15-8-6-7-13(2)9-15/h6-10H,5,11-12H2,1-4H3. The van der Waals surface area contributed by atoms with E-state index in [-0.39, 0.29) is 18.2 Å². The molecular formula is C20H23BrN4O3. The van der Waals surface area contributed by atoms with Crippen molar-refractivity contribution in [2.24, 2.45) is 0 Å². The molecule has 0 spiro atoms. The van der Waals surface area contributed by atoms with Crippen LogP contribution in [0.3, 0.4) is 0 Å². The minimum absolute atomic E-state index is 0.213. The van der Waals surface area contributed by atoms with E-state index in [0.717, 1.165) is 28.0 Å². The number of halogens is 1. The fourth-order valence-electron chi connectivity index (χ4n) is 2.88. The van der Waals surface area contributed by atoms with Crippen LogP contribution in [0.4, 0.5) is 0 Å². The highest BCUT2D eigenvalue weighted by atomic mass is 79.9. The number of nitrogens with zero attached hydrogens (tertiary/aromatic N) is 4. The van der Waals surface area contributed by atoms with E-state index in [1.54, 1.807) is 25.1 Å². The second-order valence-corrected chi connectivity index (χ2v) is 7.44. The Kier molecular flexibility index (Phi) is 6.18. The van der Waals surface area contributed by atoms with Crippen LogP contribution in [0, 0.1) is 13.8 Å². The summed E-state index contributed by atoms with van der Waals surface area (Å²) in [5.74, 6) is 1.09. The van der Waals surface area contributed by atoms with Crippen molar-refractivity contribution in [1.82, 2.24) is 19.8 Å². The smallest absolute Gasteiger partial charge is 0.276 e. The summed E-state index contributed by atoms with van der Waals surface area (Å²) in [6, 6.07) is 7.76. The molecule has 2 aromatic heterocycles. The molecule has 0 N–H and O–H groups in total. The molecule has 28 heavy (non-hydrogen) atoms. The third kappa shape index (κ3) is 4.27. The van der Waals surface area contributed by atoms with Gasteiger partial charge in [0.25, 0.3) is 5.91 Å². The van der Waals surface area contributed by atoms with Crippen molar-refractivity contribution in [3.8, 4) is 5.75 Å². The average molecular weight is 447 g/mol. The van der Waals surface area contributed by atoms with Crippen LogP contribution in [0.2, 0.25) is 0 Å². The molecule has 8 heteroatoms. The zero-order valence-corrected chi connectivity index (χ0v) is 18.0. The fraction of sp³-hybridized carbons (Fsp3) is 0.350. The maximum atomic E-state index is 13.0. The Hall–Kier alpha value is -2.61. The van der Waals surface area contributed by atoms with Crippen molar-refractivity contribution >= 4 is 21.8 Å². The maximum absolute atomic E-state index is 13.0. The predicted octanol–water partition coefficient (Wildman–Crippen LogP) is 4.12. The van der Waals surface area contributed by atoms with Crippen LogP contribution in [0.1, 0.15) is 40.0 Å². The normalized spacial score (nSPS) is 10.9.